The Morgan fingerprint density at radius 1 is 1.07 bits per heavy atom. The lowest BCUT2D eigenvalue weighted by Crippen LogP contribution is -2.57. The third-order valence-corrected chi connectivity index (χ3v) is 5.33. The first-order chi connectivity index (χ1) is 14.1. The summed E-state index contributed by atoms with van der Waals surface area (Å²) in [4.78, 5) is 25.4. The number of benzene rings is 2. The number of phenolic OH excluding ortho intramolecular Hbond substituents is 1. The number of nitrogens with one attached hydrogen (secondary N) is 2. The van der Waals surface area contributed by atoms with Crippen LogP contribution >= 0.6 is 0 Å². The van der Waals surface area contributed by atoms with E-state index in [9.17, 15) is 14.7 Å². The highest BCUT2D eigenvalue weighted by molar-refractivity contribution is 5.95. The van der Waals surface area contributed by atoms with E-state index < -0.39 is 5.92 Å². The highest BCUT2D eigenvalue weighted by Gasteiger charge is 2.39. The number of carbonyl (C=O) groups excluding carboxylic acids is 2. The van der Waals surface area contributed by atoms with Crippen LogP contribution in [0.3, 0.4) is 0 Å². The molecule has 0 aromatic heterocycles. The van der Waals surface area contributed by atoms with Crippen molar-refractivity contribution in [3.8, 4) is 5.75 Å². The number of rotatable bonds is 7. The van der Waals surface area contributed by atoms with Crippen molar-refractivity contribution in [3.05, 3.63) is 65.7 Å². The largest absolute Gasteiger partial charge is 0.508 e. The zero-order valence-electron chi connectivity index (χ0n) is 16.6. The molecule has 0 radical (unpaired) electrons. The first kappa shape index (κ1) is 20.9. The Labute approximate surface area is 171 Å². The van der Waals surface area contributed by atoms with E-state index in [1.807, 2.05) is 30.3 Å². The first-order valence-corrected chi connectivity index (χ1v) is 10.1. The van der Waals surface area contributed by atoms with E-state index in [0.29, 0.717) is 25.1 Å². The molecule has 0 saturated heterocycles. The molecule has 3 N–H and O–H groups in total. The van der Waals surface area contributed by atoms with Gasteiger partial charge in [-0.15, -0.1) is 0 Å². The van der Waals surface area contributed by atoms with Crippen molar-refractivity contribution in [3.63, 3.8) is 0 Å². The molecule has 3 unspecified atom stereocenters. The zero-order valence-corrected chi connectivity index (χ0v) is 16.6. The maximum atomic E-state index is 12.8. The van der Waals surface area contributed by atoms with Crippen molar-refractivity contribution >= 4 is 11.9 Å². The van der Waals surface area contributed by atoms with Gasteiger partial charge in [-0.2, -0.15) is 0 Å². The van der Waals surface area contributed by atoms with Crippen LogP contribution < -0.4 is 10.6 Å². The molecule has 1 saturated carbocycles. The van der Waals surface area contributed by atoms with Gasteiger partial charge < -0.3 is 20.5 Å². The van der Waals surface area contributed by atoms with Gasteiger partial charge in [0.1, 0.15) is 5.75 Å². The molecule has 2 aromatic carbocycles. The predicted octanol–water partition coefficient (Wildman–Crippen LogP) is 3.01. The van der Waals surface area contributed by atoms with Crippen LogP contribution in [0.1, 0.15) is 42.1 Å². The fourth-order valence-corrected chi connectivity index (χ4v) is 3.83. The molecule has 6 nitrogen and oxygen atoms in total. The van der Waals surface area contributed by atoms with Gasteiger partial charge in [0.2, 0.25) is 0 Å². The molecule has 3 rings (SSSR count). The van der Waals surface area contributed by atoms with Crippen molar-refractivity contribution in [2.24, 2.45) is 5.92 Å². The summed E-state index contributed by atoms with van der Waals surface area (Å²) in [6.07, 6.45) is 2.44. The maximum Gasteiger partial charge on any atom is 0.311 e. The molecule has 29 heavy (non-hydrogen) atoms. The van der Waals surface area contributed by atoms with Gasteiger partial charge >= 0.3 is 5.97 Å². The SMILES string of the molecule is CCOC(=O)C1CCCC(NCc2ccccc2)C1NC(=O)c1ccc(O)cc1. The monoisotopic (exact) mass is 396 g/mol. The number of hydrogen-bond donors (Lipinski definition) is 3. The summed E-state index contributed by atoms with van der Waals surface area (Å²) in [5.41, 5.74) is 1.59. The number of hydrogen-bond acceptors (Lipinski definition) is 5. The molecule has 0 spiro atoms. The summed E-state index contributed by atoms with van der Waals surface area (Å²) in [6, 6.07) is 15.7. The molecular formula is C23H28N2O4. The number of carbonyl (C=O) groups is 2. The van der Waals surface area contributed by atoms with Crippen LogP contribution in [-0.4, -0.2) is 35.7 Å². The zero-order chi connectivity index (χ0) is 20.6. The number of esters is 1. The molecule has 3 atom stereocenters. The Kier molecular flexibility index (Phi) is 7.25. The minimum absolute atomic E-state index is 0.0422. The first-order valence-electron chi connectivity index (χ1n) is 10.1. The number of aromatic hydroxyl groups is 1. The fraction of sp³-hybridized carbons (Fsp3) is 0.391. The predicted molar refractivity (Wildman–Crippen MR) is 110 cm³/mol. The van der Waals surface area contributed by atoms with Gasteiger partial charge in [-0.1, -0.05) is 36.8 Å². The van der Waals surface area contributed by atoms with Crippen molar-refractivity contribution in [1.82, 2.24) is 10.6 Å². The Morgan fingerprint density at radius 2 is 1.79 bits per heavy atom. The highest BCUT2D eigenvalue weighted by Crippen LogP contribution is 2.27. The second-order valence-electron chi connectivity index (χ2n) is 7.31. The molecule has 2 aromatic rings. The van der Waals surface area contributed by atoms with Crippen molar-refractivity contribution in [2.75, 3.05) is 6.61 Å². The minimum atomic E-state index is -0.391. The normalized spacial score (nSPS) is 21.3. The van der Waals surface area contributed by atoms with Gasteiger partial charge in [-0.05, 0) is 49.6 Å². The van der Waals surface area contributed by atoms with E-state index in [0.717, 1.165) is 18.4 Å². The Bertz CT molecular complexity index is 807. The number of amides is 1. The molecule has 1 fully saturated rings. The average molecular weight is 396 g/mol. The molecule has 1 aliphatic carbocycles. The van der Waals surface area contributed by atoms with Crippen molar-refractivity contribution in [1.29, 1.82) is 0 Å². The van der Waals surface area contributed by atoms with Crippen molar-refractivity contribution < 1.29 is 19.4 Å². The fourth-order valence-electron chi connectivity index (χ4n) is 3.83. The van der Waals surface area contributed by atoms with E-state index >= 15 is 0 Å². The number of phenols is 1. The number of ether oxygens (including phenoxy) is 1. The quantitative estimate of drug-likeness (QED) is 0.626. The molecule has 154 valence electrons. The van der Waals surface area contributed by atoms with Crippen molar-refractivity contribution in [2.45, 2.75) is 44.8 Å². The van der Waals surface area contributed by atoms with Gasteiger partial charge in [-0.3, -0.25) is 9.59 Å². The Morgan fingerprint density at radius 3 is 2.48 bits per heavy atom. The lowest BCUT2D eigenvalue weighted by atomic mass is 9.80. The molecular weight excluding hydrogens is 368 g/mol. The van der Waals surface area contributed by atoms with E-state index in [2.05, 4.69) is 10.6 Å². The lowest BCUT2D eigenvalue weighted by Gasteiger charge is -2.38. The van der Waals surface area contributed by atoms with Gasteiger partial charge in [0.05, 0.1) is 18.6 Å². The Hall–Kier alpha value is -2.86. The Balaban J connectivity index is 1.76. The summed E-state index contributed by atoms with van der Waals surface area (Å²) in [5.74, 6) is -0.823. The average Bonchev–Trinajstić information content (AvgIpc) is 2.74. The molecule has 0 heterocycles. The van der Waals surface area contributed by atoms with Crippen LogP contribution in [-0.2, 0) is 16.1 Å². The molecule has 6 heteroatoms. The summed E-state index contributed by atoms with van der Waals surface area (Å²) in [5, 5.41) is 16.0. The summed E-state index contributed by atoms with van der Waals surface area (Å²) < 4.78 is 5.27. The van der Waals surface area contributed by atoms with E-state index in [1.54, 1.807) is 19.1 Å². The maximum absolute atomic E-state index is 12.8. The minimum Gasteiger partial charge on any atom is -0.508 e. The summed E-state index contributed by atoms with van der Waals surface area (Å²) >= 11 is 0. The van der Waals surface area contributed by atoms with Crippen LogP contribution in [0.5, 0.6) is 5.75 Å². The third kappa shape index (κ3) is 5.57. The third-order valence-electron chi connectivity index (χ3n) is 5.33. The van der Waals surface area contributed by atoms with E-state index in [4.69, 9.17) is 4.74 Å². The van der Waals surface area contributed by atoms with Crippen LogP contribution in [0, 0.1) is 5.92 Å². The van der Waals surface area contributed by atoms with Gasteiger partial charge in [0.25, 0.3) is 5.91 Å². The molecule has 0 bridgehead atoms. The van der Waals surface area contributed by atoms with Crippen LogP contribution in [0.25, 0.3) is 0 Å². The molecule has 0 aliphatic heterocycles. The van der Waals surface area contributed by atoms with E-state index in [1.165, 1.54) is 12.1 Å². The highest BCUT2D eigenvalue weighted by atomic mass is 16.5. The summed E-state index contributed by atoms with van der Waals surface area (Å²) in [7, 11) is 0. The van der Waals surface area contributed by atoms with Crippen LogP contribution in [0.4, 0.5) is 0 Å². The van der Waals surface area contributed by atoms with Gasteiger partial charge in [0.15, 0.2) is 0 Å². The molecule has 1 amide bonds. The molecule has 1 aliphatic rings. The topological polar surface area (TPSA) is 87.7 Å². The lowest BCUT2D eigenvalue weighted by molar-refractivity contribution is -0.150. The van der Waals surface area contributed by atoms with E-state index in [-0.39, 0.29) is 29.7 Å². The van der Waals surface area contributed by atoms with Crippen LogP contribution in [0.2, 0.25) is 0 Å². The summed E-state index contributed by atoms with van der Waals surface area (Å²) in [6.45, 7) is 2.76. The standard InChI is InChI=1S/C23H28N2O4/c1-2-29-23(28)19-9-6-10-20(24-15-16-7-4-3-5-8-16)21(19)25-22(27)17-11-13-18(26)14-12-17/h3-5,7-8,11-14,19-21,24,26H,2,6,9-10,15H2,1H3,(H,25,27). The van der Waals surface area contributed by atoms with Gasteiger partial charge in [-0.25, -0.2) is 0 Å². The second kappa shape index (κ2) is 10.1. The van der Waals surface area contributed by atoms with Crippen LogP contribution in [0.15, 0.2) is 54.6 Å². The smallest absolute Gasteiger partial charge is 0.311 e. The van der Waals surface area contributed by atoms with Gasteiger partial charge in [0, 0.05) is 18.2 Å². The second-order valence-corrected chi connectivity index (χ2v) is 7.31.